The van der Waals surface area contributed by atoms with Gasteiger partial charge < -0.3 is 9.88 Å². The van der Waals surface area contributed by atoms with Crippen molar-refractivity contribution >= 4 is 5.82 Å². The van der Waals surface area contributed by atoms with Gasteiger partial charge in [-0.3, -0.25) is 4.98 Å². The molecule has 27 heavy (non-hydrogen) atoms. The Morgan fingerprint density at radius 2 is 1.78 bits per heavy atom. The highest BCUT2D eigenvalue weighted by molar-refractivity contribution is 5.66. The van der Waals surface area contributed by atoms with Gasteiger partial charge in [-0.05, 0) is 18.6 Å². The fourth-order valence-electron chi connectivity index (χ4n) is 2.81. The second-order valence-electron chi connectivity index (χ2n) is 6.15. The molecular formula is C21H20N6. The highest BCUT2D eigenvalue weighted by Crippen LogP contribution is 2.23. The predicted octanol–water partition coefficient (Wildman–Crippen LogP) is 3.90. The van der Waals surface area contributed by atoms with Crippen molar-refractivity contribution in [2.24, 2.45) is 0 Å². The second kappa shape index (κ2) is 8.23. The molecule has 3 heterocycles. The van der Waals surface area contributed by atoms with E-state index >= 15 is 0 Å². The van der Waals surface area contributed by atoms with E-state index < -0.39 is 0 Å². The molecule has 0 aliphatic carbocycles. The van der Waals surface area contributed by atoms with Crippen molar-refractivity contribution in [3.8, 4) is 22.6 Å². The van der Waals surface area contributed by atoms with E-state index in [2.05, 4.69) is 19.9 Å². The number of aromatic nitrogens is 5. The summed E-state index contributed by atoms with van der Waals surface area (Å²) in [4.78, 5) is 17.7. The average molecular weight is 356 g/mol. The van der Waals surface area contributed by atoms with Crippen LogP contribution in [0.3, 0.4) is 0 Å². The molecule has 0 spiro atoms. The molecule has 0 unspecified atom stereocenters. The number of aryl methyl sites for hydroxylation is 1. The third-order valence-electron chi connectivity index (χ3n) is 4.17. The van der Waals surface area contributed by atoms with Gasteiger partial charge in [0.25, 0.3) is 0 Å². The summed E-state index contributed by atoms with van der Waals surface area (Å²) in [5.41, 5.74) is 2.82. The van der Waals surface area contributed by atoms with E-state index in [1.165, 1.54) is 0 Å². The van der Waals surface area contributed by atoms with Gasteiger partial charge in [0, 0.05) is 55.1 Å². The van der Waals surface area contributed by atoms with Gasteiger partial charge in [-0.2, -0.15) is 0 Å². The Hall–Kier alpha value is -3.54. The molecule has 3 aromatic heterocycles. The SMILES string of the molecule is c1ccc(-c2nc(NCCCn3ccnc3)cc(-c3cccnc3)n2)cc1. The van der Waals surface area contributed by atoms with E-state index in [1.54, 1.807) is 12.4 Å². The first-order chi connectivity index (χ1) is 13.4. The van der Waals surface area contributed by atoms with E-state index in [9.17, 15) is 0 Å². The first-order valence-electron chi connectivity index (χ1n) is 8.93. The largest absolute Gasteiger partial charge is 0.370 e. The van der Waals surface area contributed by atoms with Gasteiger partial charge >= 0.3 is 0 Å². The Morgan fingerprint density at radius 1 is 0.889 bits per heavy atom. The van der Waals surface area contributed by atoms with Gasteiger partial charge in [0.1, 0.15) is 5.82 Å². The third kappa shape index (κ3) is 4.36. The third-order valence-corrected chi connectivity index (χ3v) is 4.17. The Labute approximate surface area is 158 Å². The van der Waals surface area contributed by atoms with Crippen LogP contribution in [0.1, 0.15) is 6.42 Å². The highest BCUT2D eigenvalue weighted by atomic mass is 15.0. The number of benzene rings is 1. The molecule has 6 nitrogen and oxygen atoms in total. The molecule has 1 aromatic carbocycles. The fourth-order valence-corrected chi connectivity index (χ4v) is 2.81. The van der Waals surface area contributed by atoms with Crippen LogP contribution in [0.2, 0.25) is 0 Å². The first-order valence-corrected chi connectivity index (χ1v) is 8.93. The van der Waals surface area contributed by atoms with Crippen LogP contribution in [-0.4, -0.2) is 31.0 Å². The normalized spacial score (nSPS) is 10.7. The van der Waals surface area contributed by atoms with Crippen molar-refractivity contribution in [3.63, 3.8) is 0 Å². The quantitative estimate of drug-likeness (QED) is 0.509. The molecule has 0 saturated carbocycles. The maximum absolute atomic E-state index is 4.74. The summed E-state index contributed by atoms with van der Waals surface area (Å²) in [6, 6.07) is 15.9. The molecule has 4 rings (SSSR count). The predicted molar refractivity (Wildman–Crippen MR) is 106 cm³/mol. The van der Waals surface area contributed by atoms with Gasteiger partial charge in [0.05, 0.1) is 12.0 Å². The number of anilines is 1. The zero-order valence-corrected chi connectivity index (χ0v) is 14.9. The summed E-state index contributed by atoms with van der Waals surface area (Å²) in [5.74, 6) is 1.52. The molecule has 0 bridgehead atoms. The van der Waals surface area contributed by atoms with Crippen LogP contribution >= 0.6 is 0 Å². The van der Waals surface area contributed by atoms with Crippen LogP contribution in [0.15, 0.2) is 79.6 Å². The summed E-state index contributed by atoms with van der Waals surface area (Å²) < 4.78 is 2.07. The van der Waals surface area contributed by atoms with Gasteiger partial charge in [-0.15, -0.1) is 0 Å². The minimum Gasteiger partial charge on any atom is -0.370 e. The molecule has 1 N–H and O–H groups in total. The molecule has 0 aliphatic rings. The van der Waals surface area contributed by atoms with Crippen molar-refractivity contribution in [1.29, 1.82) is 0 Å². The van der Waals surface area contributed by atoms with Crippen molar-refractivity contribution in [1.82, 2.24) is 24.5 Å². The molecule has 0 atom stereocenters. The van der Waals surface area contributed by atoms with E-state index in [0.29, 0.717) is 5.82 Å². The number of pyridine rings is 1. The zero-order chi connectivity index (χ0) is 18.3. The van der Waals surface area contributed by atoms with Crippen LogP contribution in [0, 0.1) is 0 Å². The van der Waals surface area contributed by atoms with Crippen LogP contribution in [0.4, 0.5) is 5.82 Å². The van der Waals surface area contributed by atoms with E-state index in [4.69, 9.17) is 9.97 Å². The van der Waals surface area contributed by atoms with Gasteiger partial charge in [-0.1, -0.05) is 30.3 Å². The van der Waals surface area contributed by atoms with Crippen LogP contribution in [-0.2, 0) is 6.54 Å². The average Bonchev–Trinajstić information content (AvgIpc) is 3.26. The minimum atomic E-state index is 0.703. The summed E-state index contributed by atoms with van der Waals surface area (Å²) >= 11 is 0. The van der Waals surface area contributed by atoms with Crippen molar-refractivity contribution < 1.29 is 0 Å². The number of nitrogens with zero attached hydrogens (tertiary/aromatic N) is 5. The lowest BCUT2D eigenvalue weighted by Crippen LogP contribution is -2.08. The van der Waals surface area contributed by atoms with Crippen molar-refractivity contribution in [3.05, 3.63) is 79.6 Å². The van der Waals surface area contributed by atoms with E-state index in [1.807, 2.05) is 67.3 Å². The van der Waals surface area contributed by atoms with Crippen LogP contribution in [0.25, 0.3) is 22.6 Å². The van der Waals surface area contributed by atoms with Crippen molar-refractivity contribution in [2.75, 3.05) is 11.9 Å². The molecule has 0 saturated heterocycles. The fraction of sp³-hybridized carbons (Fsp3) is 0.143. The molecule has 134 valence electrons. The maximum Gasteiger partial charge on any atom is 0.162 e. The molecule has 0 fully saturated rings. The van der Waals surface area contributed by atoms with E-state index in [-0.39, 0.29) is 0 Å². The van der Waals surface area contributed by atoms with Gasteiger partial charge in [0.15, 0.2) is 5.82 Å². The number of rotatable bonds is 7. The topological polar surface area (TPSA) is 68.5 Å². The highest BCUT2D eigenvalue weighted by Gasteiger charge is 2.08. The Kier molecular flexibility index (Phi) is 5.15. The van der Waals surface area contributed by atoms with Crippen LogP contribution in [0.5, 0.6) is 0 Å². The lowest BCUT2D eigenvalue weighted by Gasteiger charge is -2.10. The molecule has 4 aromatic rings. The standard InChI is InChI=1S/C21H20N6/c1-2-6-17(7-3-1)21-25-19(18-8-4-9-22-15-18)14-20(26-21)24-10-5-12-27-13-11-23-16-27/h1-4,6-9,11,13-16H,5,10,12H2,(H,24,25,26). The number of imidazole rings is 1. The molecule has 0 aliphatic heterocycles. The lowest BCUT2D eigenvalue weighted by molar-refractivity contribution is 0.660. The number of hydrogen-bond donors (Lipinski definition) is 1. The molecule has 0 amide bonds. The van der Waals surface area contributed by atoms with Crippen molar-refractivity contribution in [2.45, 2.75) is 13.0 Å². The summed E-state index contributed by atoms with van der Waals surface area (Å²) in [5, 5.41) is 3.42. The monoisotopic (exact) mass is 356 g/mol. The molecular weight excluding hydrogens is 336 g/mol. The Bertz CT molecular complexity index is 911. The Balaban J connectivity index is 1.56. The minimum absolute atomic E-state index is 0.703. The van der Waals surface area contributed by atoms with Gasteiger partial charge in [0.2, 0.25) is 0 Å². The summed E-state index contributed by atoms with van der Waals surface area (Å²) in [7, 11) is 0. The number of hydrogen-bond acceptors (Lipinski definition) is 5. The lowest BCUT2D eigenvalue weighted by atomic mass is 10.1. The smallest absolute Gasteiger partial charge is 0.162 e. The molecule has 0 radical (unpaired) electrons. The Morgan fingerprint density at radius 3 is 2.56 bits per heavy atom. The van der Waals surface area contributed by atoms with Crippen LogP contribution < -0.4 is 5.32 Å². The second-order valence-corrected chi connectivity index (χ2v) is 6.15. The zero-order valence-electron chi connectivity index (χ0n) is 14.9. The van der Waals surface area contributed by atoms with E-state index in [0.717, 1.165) is 42.1 Å². The molecule has 6 heteroatoms. The number of nitrogens with one attached hydrogen (secondary N) is 1. The summed E-state index contributed by atoms with van der Waals surface area (Å²) in [6.45, 7) is 1.73. The first kappa shape index (κ1) is 16.9. The maximum atomic E-state index is 4.74. The summed E-state index contributed by atoms with van der Waals surface area (Å²) in [6.07, 6.45) is 10.2. The van der Waals surface area contributed by atoms with Gasteiger partial charge in [-0.25, -0.2) is 15.0 Å².